The summed E-state index contributed by atoms with van der Waals surface area (Å²) >= 11 is 0. The lowest BCUT2D eigenvalue weighted by Crippen LogP contribution is -2.39. The van der Waals surface area contributed by atoms with Crippen LogP contribution in [0.1, 0.15) is 30.6 Å². The predicted octanol–water partition coefficient (Wildman–Crippen LogP) is 2.66. The number of β-amino-alcohol motifs (C(OH)–C–C–N with tert-alkyl or cyclic N) is 1. The Morgan fingerprint density at radius 2 is 1.77 bits per heavy atom. The maximum absolute atomic E-state index is 12.9. The highest BCUT2D eigenvalue weighted by molar-refractivity contribution is 5.98. The van der Waals surface area contributed by atoms with Gasteiger partial charge in [0.2, 0.25) is 5.91 Å². The molecular weight excluding hydrogens is 400 g/mol. The number of esters is 1. The molecule has 8 nitrogen and oxygen atoms in total. The van der Waals surface area contributed by atoms with E-state index in [4.69, 9.17) is 9.47 Å². The Kier molecular flexibility index (Phi) is 7.61. The van der Waals surface area contributed by atoms with Gasteiger partial charge in [0.25, 0.3) is 0 Å². The third-order valence-electron chi connectivity index (χ3n) is 4.93. The summed E-state index contributed by atoms with van der Waals surface area (Å²) in [4.78, 5) is 40.3. The highest BCUT2D eigenvalue weighted by Crippen LogP contribution is 2.29. The summed E-state index contributed by atoms with van der Waals surface area (Å²) in [6, 6.07) is 16.0. The number of amides is 2. The number of para-hydroxylation sites is 1. The van der Waals surface area contributed by atoms with Crippen LogP contribution in [-0.2, 0) is 25.7 Å². The Morgan fingerprint density at radius 1 is 1.06 bits per heavy atom. The van der Waals surface area contributed by atoms with Gasteiger partial charge in [-0.3, -0.25) is 9.59 Å². The monoisotopic (exact) mass is 426 g/mol. The molecule has 0 fully saturated rings. The Hall–Kier alpha value is -3.39. The minimum Gasteiger partial charge on any atom is -0.465 e. The first-order valence-corrected chi connectivity index (χ1v) is 10.2. The van der Waals surface area contributed by atoms with Crippen molar-refractivity contribution in [1.29, 1.82) is 0 Å². The summed E-state index contributed by atoms with van der Waals surface area (Å²) in [7, 11) is 0. The van der Waals surface area contributed by atoms with Crippen LogP contribution in [0.5, 0.6) is 0 Å². The van der Waals surface area contributed by atoms with Crippen LogP contribution in [0.25, 0.3) is 0 Å². The molecule has 1 aliphatic rings. The van der Waals surface area contributed by atoms with Crippen LogP contribution in [0, 0.1) is 0 Å². The maximum atomic E-state index is 12.9. The Morgan fingerprint density at radius 3 is 2.52 bits per heavy atom. The lowest BCUT2D eigenvalue weighted by atomic mass is 10.1. The zero-order chi connectivity index (χ0) is 22.2. The van der Waals surface area contributed by atoms with Crippen molar-refractivity contribution >= 4 is 23.7 Å². The van der Waals surface area contributed by atoms with Crippen molar-refractivity contribution in [1.82, 2.24) is 4.90 Å². The molecule has 0 radical (unpaired) electrons. The minimum atomic E-state index is -1.06. The van der Waals surface area contributed by atoms with E-state index in [0.29, 0.717) is 11.3 Å². The molecule has 0 aliphatic carbocycles. The summed E-state index contributed by atoms with van der Waals surface area (Å²) in [6.07, 6.45) is -1.70. The third-order valence-corrected chi connectivity index (χ3v) is 4.93. The molecule has 1 N–H and O–H groups in total. The number of ether oxygens (including phenoxy) is 2. The van der Waals surface area contributed by atoms with Gasteiger partial charge in [-0.1, -0.05) is 48.5 Å². The van der Waals surface area contributed by atoms with Crippen molar-refractivity contribution in [2.45, 2.75) is 26.1 Å². The molecule has 3 rings (SSSR count). The molecule has 0 saturated heterocycles. The fourth-order valence-corrected chi connectivity index (χ4v) is 3.40. The zero-order valence-corrected chi connectivity index (χ0v) is 17.4. The Balaban J connectivity index is 1.79. The molecule has 8 heteroatoms. The average molecular weight is 426 g/mol. The second kappa shape index (κ2) is 10.6. The number of hydrogen-bond acceptors (Lipinski definition) is 6. The number of aliphatic hydroxyl groups is 1. The fourth-order valence-electron chi connectivity index (χ4n) is 3.40. The van der Waals surface area contributed by atoms with E-state index < -0.39 is 18.2 Å². The minimum absolute atomic E-state index is 0.0269. The smallest absolute Gasteiger partial charge is 0.410 e. The van der Waals surface area contributed by atoms with Crippen LogP contribution < -0.4 is 4.90 Å². The number of carbonyl (C=O) groups is 3. The largest absolute Gasteiger partial charge is 0.465 e. The van der Waals surface area contributed by atoms with Crippen molar-refractivity contribution in [2.24, 2.45) is 0 Å². The molecule has 0 aromatic heterocycles. The van der Waals surface area contributed by atoms with Crippen molar-refractivity contribution in [2.75, 3.05) is 31.1 Å². The number of rotatable bonds is 5. The summed E-state index contributed by atoms with van der Waals surface area (Å²) in [5.74, 6) is -0.894. The van der Waals surface area contributed by atoms with Gasteiger partial charge in [-0.25, -0.2) is 4.79 Å². The number of carbonyl (C=O) groups excluding carboxylic acids is 3. The van der Waals surface area contributed by atoms with E-state index >= 15 is 0 Å². The second-order valence-electron chi connectivity index (χ2n) is 7.10. The standard InChI is InChI=1S/C23H26N2O6/c1-2-30-22(28)15-25-19-11-7-6-10-18(19)20(26)14-24(13-12-21(25)27)23(29)31-16-17-8-4-3-5-9-17/h3-11,20,26H,2,12-16H2,1H3. The lowest BCUT2D eigenvalue weighted by molar-refractivity contribution is -0.142. The first kappa shape index (κ1) is 22.3. The molecule has 1 aliphatic heterocycles. The molecule has 164 valence electrons. The number of nitrogens with zero attached hydrogens (tertiary/aromatic N) is 2. The van der Waals surface area contributed by atoms with E-state index in [1.807, 2.05) is 30.3 Å². The lowest BCUT2D eigenvalue weighted by Gasteiger charge is -2.25. The van der Waals surface area contributed by atoms with Gasteiger partial charge in [-0.05, 0) is 18.6 Å². The highest BCUT2D eigenvalue weighted by atomic mass is 16.6. The average Bonchev–Trinajstić information content (AvgIpc) is 2.83. The van der Waals surface area contributed by atoms with Gasteiger partial charge in [-0.15, -0.1) is 0 Å². The zero-order valence-electron chi connectivity index (χ0n) is 17.4. The summed E-state index contributed by atoms with van der Waals surface area (Å²) in [6.45, 7) is 1.73. The quantitative estimate of drug-likeness (QED) is 0.739. The predicted molar refractivity (Wildman–Crippen MR) is 113 cm³/mol. The number of hydrogen-bond donors (Lipinski definition) is 1. The van der Waals surface area contributed by atoms with Crippen molar-refractivity contribution < 1.29 is 29.0 Å². The molecule has 1 unspecified atom stereocenters. The van der Waals surface area contributed by atoms with Gasteiger partial charge in [0, 0.05) is 18.5 Å². The molecule has 1 heterocycles. The van der Waals surface area contributed by atoms with Crippen LogP contribution in [0.4, 0.5) is 10.5 Å². The fraction of sp³-hybridized carbons (Fsp3) is 0.348. The van der Waals surface area contributed by atoms with E-state index in [1.165, 1.54) is 9.80 Å². The van der Waals surface area contributed by atoms with Crippen molar-refractivity contribution in [3.63, 3.8) is 0 Å². The van der Waals surface area contributed by atoms with Gasteiger partial charge >= 0.3 is 12.1 Å². The molecule has 2 aromatic rings. The number of fused-ring (bicyclic) bond motifs is 1. The van der Waals surface area contributed by atoms with Crippen LogP contribution in [0.2, 0.25) is 0 Å². The van der Waals surface area contributed by atoms with Crippen LogP contribution >= 0.6 is 0 Å². The van der Waals surface area contributed by atoms with Gasteiger partial charge < -0.3 is 24.4 Å². The molecule has 2 amide bonds. The van der Waals surface area contributed by atoms with Gasteiger partial charge in [0.05, 0.1) is 24.9 Å². The molecule has 0 bridgehead atoms. The maximum Gasteiger partial charge on any atom is 0.410 e. The first-order valence-electron chi connectivity index (χ1n) is 10.2. The molecular formula is C23H26N2O6. The SMILES string of the molecule is CCOC(=O)CN1C(=O)CCN(C(=O)OCc2ccccc2)CC(O)c2ccccc21. The molecule has 1 atom stereocenters. The van der Waals surface area contributed by atoms with E-state index in [9.17, 15) is 19.5 Å². The van der Waals surface area contributed by atoms with E-state index in [2.05, 4.69) is 0 Å². The highest BCUT2D eigenvalue weighted by Gasteiger charge is 2.30. The van der Waals surface area contributed by atoms with Gasteiger partial charge in [0.15, 0.2) is 0 Å². The van der Waals surface area contributed by atoms with Crippen LogP contribution in [0.15, 0.2) is 54.6 Å². The molecule has 2 aromatic carbocycles. The van der Waals surface area contributed by atoms with Crippen molar-refractivity contribution in [3.05, 3.63) is 65.7 Å². The topological polar surface area (TPSA) is 96.4 Å². The van der Waals surface area contributed by atoms with E-state index in [1.54, 1.807) is 31.2 Å². The molecule has 31 heavy (non-hydrogen) atoms. The van der Waals surface area contributed by atoms with Crippen LogP contribution in [0.3, 0.4) is 0 Å². The summed E-state index contributed by atoms with van der Waals surface area (Å²) in [5, 5.41) is 10.8. The van der Waals surface area contributed by atoms with E-state index in [-0.39, 0.29) is 45.2 Å². The second-order valence-corrected chi connectivity index (χ2v) is 7.10. The van der Waals surface area contributed by atoms with Crippen LogP contribution in [-0.4, -0.2) is 54.2 Å². The molecule has 0 spiro atoms. The first-order chi connectivity index (χ1) is 15.0. The third kappa shape index (κ3) is 5.82. The summed E-state index contributed by atoms with van der Waals surface area (Å²) in [5.41, 5.74) is 1.71. The normalized spacial score (nSPS) is 16.6. The van der Waals surface area contributed by atoms with Crippen molar-refractivity contribution in [3.8, 4) is 0 Å². The number of anilines is 1. The Labute approximate surface area is 181 Å². The Bertz CT molecular complexity index is 917. The van der Waals surface area contributed by atoms with Gasteiger partial charge in [0.1, 0.15) is 13.2 Å². The number of aliphatic hydroxyl groups excluding tert-OH is 1. The van der Waals surface area contributed by atoms with Gasteiger partial charge in [-0.2, -0.15) is 0 Å². The molecule has 0 saturated carbocycles. The summed E-state index contributed by atoms with van der Waals surface area (Å²) < 4.78 is 10.4. The van der Waals surface area contributed by atoms with E-state index in [0.717, 1.165) is 5.56 Å². The number of benzene rings is 2.